The third kappa shape index (κ3) is 6.78. The van der Waals surface area contributed by atoms with Crippen LogP contribution in [0.5, 0.6) is 0 Å². The molecule has 0 saturated carbocycles. The number of ether oxygens (including phenoxy) is 1. The van der Waals surface area contributed by atoms with Crippen molar-refractivity contribution >= 4 is 17.6 Å². The highest BCUT2D eigenvalue weighted by molar-refractivity contribution is 5.55. The zero-order valence-corrected chi connectivity index (χ0v) is 17.3. The van der Waals surface area contributed by atoms with Crippen molar-refractivity contribution in [2.75, 3.05) is 30.9 Å². The fourth-order valence-corrected chi connectivity index (χ4v) is 2.89. The van der Waals surface area contributed by atoms with Gasteiger partial charge in [0.25, 0.3) is 0 Å². The van der Waals surface area contributed by atoms with Crippen LogP contribution < -0.4 is 10.6 Å². The van der Waals surface area contributed by atoms with Crippen LogP contribution in [-0.4, -0.2) is 35.2 Å². The number of anilines is 3. The maximum atomic E-state index is 13.3. The van der Waals surface area contributed by atoms with Gasteiger partial charge < -0.3 is 15.4 Å². The summed E-state index contributed by atoms with van der Waals surface area (Å²) in [4.78, 5) is 12.5. The molecule has 12 heteroatoms. The van der Waals surface area contributed by atoms with Crippen LogP contribution in [0.25, 0.3) is 0 Å². The van der Waals surface area contributed by atoms with Gasteiger partial charge in [0.05, 0.1) is 17.7 Å². The van der Waals surface area contributed by atoms with E-state index >= 15 is 0 Å². The standard InChI is InChI=1S/C21H19F6N5O/c1-33-11-10-28-18-30-17(12-13-4-2-3-5-16(13)21(25,26)27)31-19(32-18)29-15-8-6-14(7-9-15)20(22,23)24/h2-9H,10-12H2,1H3,(H2,28,29,30,31,32). The van der Waals surface area contributed by atoms with Gasteiger partial charge in [-0.3, -0.25) is 0 Å². The number of aromatic nitrogens is 3. The Labute approximate surface area is 185 Å². The molecule has 0 unspecified atom stereocenters. The van der Waals surface area contributed by atoms with E-state index in [4.69, 9.17) is 4.74 Å². The van der Waals surface area contributed by atoms with Gasteiger partial charge in [0, 0.05) is 25.8 Å². The van der Waals surface area contributed by atoms with Gasteiger partial charge in [-0.05, 0) is 35.9 Å². The predicted octanol–water partition coefficient (Wildman–Crippen LogP) is 5.30. The van der Waals surface area contributed by atoms with Crippen molar-refractivity contribution in [3.63, 3.8) is 0 Å². The molecule has 3 aromatic rings. The average molecular weight is 471 g/mol. The molecule has 0 aliphatic carbocycles. The van der Waals surface area contributed by atoms with Gasteiger partial charge in [0.2, 0.25) is 11.9 Å². The van der Waals surface area contributed by atoms with Crippen LogP contribution in [0.2, 0.25) is 0 Å². The summed E-state index contributed by atoms with van der Waals surface area (Å²) in [5.74, 6) is 0.0798. The van der Waals surface area contributed by atoms with E-state index in [1.807, 2.05) is 0 Å². The quantitative estimate of drug-likeness (QED) is 0.343. The van der Waals surface area contributed by atoms with Crippen molar-refractivity contribution in [1.29, 1.82) is 0 Å². The van der Waals surface area contributed by atoms with Crippen LogP contribution in [0.1, 0.15) is 22.5 Å². The zero-order chi connectivity index (χ0) is 24.1. The molecule has 0 saturated heterocycles. The number of nitrogens with zero attached hydrogens (tertiary/aromatic N) is 3. The topological polar surface area (TPSA) is 72.0 Å². The lowest BCUT2D eigenvalue weighted by molar-refractivity contribution is -0.138. The number of nitrogens with one attached hydrogen (secondary N) is 2. The number of benzene rings is 2. The molecule has 0 amide bonds. The summed E-state index contributed by atoms with van der Waals surface area (Å²) >= 11 is 0. The Kier molecular flexibility index (Phi) is 7.36. The van der Waals surface area contributed by atoms with E-state index in [0.29, 0.717) is 13.2 Å². The molecular weight excluding hydrogens is 452 g/mol. The molecule has 0 radical (unpaired) electrons. The van der Waals surface area contributed by atoms with Crippen LogP contribution in [0, 0.1) is 0 Å². The number of rotatable bonds is 8. The molecule has 0 aliphatic rings. The molecule has 0 spiro atoms. The Bertz CT molecular complexity index is 1070. The summed E-state index contributed by atoms with van der Waals surface area (Å²) in [6.07, 6.45) is -9.27. The largest absolute Gasteiger partial charge is 0.416 e. The fourth-order valence-electron chi connectivity index (χ4n) is 2.89. The summed E-state index contributed by atoms with van der Waals surface area (Å²) in [7, 11) is 1.49. The smallest absolute Gasteiger partial charge is 0.383 e. The Morgan fingerprint density at radius 2 is 1.48 bits per heavy atom. The van der Waals surface area contributed by atoms with Crippen molar-refractivity contribution in [1.82, 2.24) is 15.0 Å². The van der Waals surface area contributed by atoms with Crippen LogP contribution in [-0.2, 0) is 23.5 Å². The van der Waals surface area contributed by atoms with Crippen LogP contribution in [0.3, 0.4) is 0 Å². The second-order valence-electron chi connectivity index (χ2n) is 6.85. The third-order valence-corrected chi connectivity index (χ3v) is 4.41. The summed E-state index contributed by atoms with van der Waals surface area (Å²) in [5, 5.41) is 5.63. The van der Waals surface area contributed by atoms with Crippen LogP contribution >= 0.6 is 0 Å². The molecule has 0 atom stereocenters. The van der Waals surface area contributed by atoms with E-state index in [0.717, 1.165) is 18.2 Å². The lowest BCUT2D eigenvalue weighted by Crippen LogP contribution is -2.15. The Hall–Kier alpha value is -3.41. The first-order chi connectivity index (χ1) is 15.6. The van der Waals surface area contributed by atoms with E-state index < -0.39 is 23.5 Å². The monoisotopic (exact) mass is 471 g/mol. The molecule has 0 fully saturated rings. The summed E-state index contributed by atoms with van der Waals surface area (Å²) in [6.45, 7) is 0.637. The minimum Gasteiger partial charge on any atom is -0.383 e. The highest BCUT2D eigenvalue weighted by Crippen LogP contribution is 2.33. The van der Waals surface area contributed by atoms with Gasteiger partial charge >= 0.3 is 12.4 Å². The molecule has 6 nitrogen and oxygen atoms in total. The highest BCUT2D eigenvalue weighted by Gasteiger charge is 2.33. The van der Waals surface area contributed by atoms with Crippen molar-refractivity contribution in [2.45, 2.75) is 18.8 Å². The van der Waals surface area contributed by atoms with Crippen molar-refractivity contribution in [2.24, 2.45) is 0 Å². The normalized spacial score (nSPS) is 12.0. The van der Waals surface area contributed by atoms with Crippen LogP contribution in [0.15, 0.2) is 48.5 Å². The number of alkyl halides is 6. The van der Waals surface area contributed by atoms with Gasteiger partial charge in [-0.15, -0.1) is 0 Å². The van der Waals surface area contributed by atoms with E-state index in [1.165, 1.54) is 37.4 Å². The van der Waals surface area contributed by atoms with E-state index in [1.54, 1.807) is 0 Å². The molecule has 0 bridgehead atoms. The van der Waals surface area contributed by atoms with Crippen molar-refractivity contribution in [3.8, 4) is 0 Å². The SMILES string of the molecule is COCCNc1nc(Cc2ccccc2C(F)(F)F)nc(Nc2ccc(C(F)(F)F)cc2)n1. The first-order valence-electron chi connectivity index (χ1n) is 9.63. The molecular formula is C21H19F6N5O. The third-order valence-electron chi connectivity index (χ3n) is 4.41. The van der Waals surface area contributed by atoms with Gasteiger partial charge in [-0.25, -0.2) is 0 Å². The zero-order valence-electron chi connectivity index (χ0n) is 17.3. The van der Waals surface area contributed by atoms with Gasteiger partial charge in [0.1, 0.15) is 5.82 Å². The molecule has 2 aromatic carbocycles. The number of hydrogen-bond donors (Lipinski definition) is 2. The first-order valence-corrected chi connectivity index (χ1v) is 9.63. The van der Waals surface area contributed by atoms with Crippen molar-refractivity contribution < 1.29 is 31.1 Å². The second kappa shape index (κ2) is 10.0. The van der Waals surface area contributed by atoms with Gasteiger partial charge in [-0.2, -0.15) is 41.3 Å². The molecule has 2 N–H and O–H groups in total. The average Bonchev–Trinajstić information content (AvgIpc) is 2.73. The van der Waals surface area contributed by atoms with Gasteiger partial charge in [0.15, 0.2) is 0 Å². The lowest BCUT2D eigenvalue weighted by atomic mass is 10.0. The number of halogens is 6. The maximum absolute atomic E-state index is 13.3. The molecule has 0 aliphatic heterocycles. The number of hydrogen-bond acceptors (Lipinski definition) is 6. The lowest BCUT2D eigenvalue weighted by Gasteiger charge is -2.14. The molecule has 3 rings (SSSR count). The first kappa shape index (κ1) is 24.2. The fraction of sp³-hybridized carbons (Fsp3) is 0.286. The predicted molar refractivity (Wildman–Crippen MR) is 109 cm³/mol. The molecule has 176 valence electrons. The van der Waals surface area contributed by atoms with E-state index in [-0.39, 0.29) is 35.4 Å². The Balaban J connectivity index is 1.90. The van der Waals surface area contributed by atoms with E-state index in [9.17, 15) is 26.3 Å². The summed E-state index contributed by atoms with van der Waals surface area (Å²) in [6, 6.07) is 9.24. The Morgan fingerprint density at radius 1 is 0.818 bits per heavy atom. The Morgan fingerprint density at radius 3 is 2.12 bits per heavy atom. The molecule has 1 heterocycles. The van der Waals surface area contributed by atoms with E-state index in [2.05, 4.69) is 25.6 Å². The second-order valence-corrected chi connectivity index (χ2v) is 6.85. The summed E-state index contributed by atoms with van der Waals surface area (Å²) in [5.41, 5.74) is -1.40. The van der Waals surface area contributed by atoms with Crippen LogP contribution in [0.4, 0.5) is 43.9 Å². The molecule has 33 heavy (non-hydrogen) atoms. The number of methoxy groups -OCH3 is 1. The minimum atomic E-state index is -4.55. The molecule has 1 aromatic heterocycles. The maximum Gasteiger partial charge on any atom is 0.416 e. The summed E-state index contributed by atoms with van der Waals surface area (Å²) < 4.78 is 83.3. The van der Waals surface area contributed by atoms with Gasteiger partial charge in [-0.1, -0.05) is 18.2 Å². The highest BCUT2D eigenvalue weighted by atomic mass is 19.4. The minimum absolute atomic E-state index is 0.0282. The van der Waals surface area contributed by atoms with Crippen molar-refractivity contribution in [3.05, 3.63) is 71.0 Å².